The Morgan fingerprint density at radius 2 is 1.95 bits per heavy atom. The Kier molecular flexibility index (Phi) is 3.72. The number of nitriles is 1. The van der Waals surface area contributed by atoms with Crippen molar-refractivity contribution in [1.82, 2.24) is 9.80 Å². The number of fused-ring (bicyclic) bond motifs is 1. The molecule has 0 radical (unpaired) electrons. The zero-order chi connectivity index (χ0) is 14.2. The van der Waals surface area contributed by atoms with Crippen LogP contribution in [0.15, 0.2) is 0 Å². The number of rotatable bonds is 1. The second kappa shape index (κ2) is 5.37. The third-order valence-electron chi connectivity index (χ3n) is 5.53. The molecule has 3 rings (SSSR count). The van der Waals surface area contributed by atoms with Crippen molar-refractivity contribution in [1.29, 1.82) is 5.26 Å². The number of hydrogen-bond acceptors (Lipinski definition) is 3. The maximum absolute atomic E-state index is 13.0. The van der Waals surface area contributed by atoms with Crippen LogP contribution in [0.5, 0.6) is 0 Å². The largest absolute Gasteiger partial charge is 0.336 e. The van der Waals surface area contributed by atoms with Gasteiger partial charge in [-0.05, 0) is 39.2 Å². The third kappa shape index (κ3) is 2.22. The number of nitrogens with zero attached hydrogens (tertiary/aromatic N) is 3. The second-order valence-electron chi connectivity index (χ2n) is 6.85. The molecule has 0 aromatic rings. The molecule has 2 atom stereocenters. The maximum Gasteiger partial charge on any atom is 0.243 e. The molecule has 0 spiro atoms. The highest BCUT2D eigenvalue weighted by atomic mass is 16.2. The smallest absolute Gasteiger partial charge is 0.243 e. The van der Waals surface area contributed by atoms with Gasteiger partial charge in [-0.25, -0.2) is 0 Å². The molecule has 2 unspecified atom stereocenters. The van der Waals surface area contributed by atoms with Crippen molar-refractivity contribution in [3.05, 3.63) is 0 Å². The average Bonchev–Trinajstić information content (AvgIpc) is 2.93. The summed E-state index contributed by atoms with van der Waals surface area (Å²) in [4.78, 5) is 17.5. The fourth-order valence-corrected chi connectivity index (χ4v) is 4.27. The number of hydrogen-bond donors (Lipinski definition) is 0. The first-order chi connectivity index (χ1) is 9.66. The van der Waals surface area contributed by atoms with E-state index in [1.807, 2.05) is 4.90 Å². The van der Waals surface area contributed by atoms with Gasteiger partial charge in [-0.1, -0.05) is 19.3 Å². The molecule has 2 saturated heterocycles. The van der Waals surface area contributed by atoms with Crippen LogP contribution in [0.1, 0.15) is 51.9 Å². The van der Waals surface area contributed by atoms with E-state index in [9.17, 15) is 10.1 Å². The van der Waals surface area contributed by atoms with Gasteiger partial charge in [-0.2, -0.15) is 5.26 Å². The average molecular weight is 275 g/mol. The van der Waals surface area contributed by atoms with Crippen LogP contribution in [0.3, 0.4) is 0 Å². The Morgan fingerprint density at radius 1 is 1.20 bits per heavy atom. The van der Waals surface area contributed by atoms with Gasteiger partial charge in [0.05, 0.1) is 6.07 Å². The van der Waals surface area contributed by atoms with E-state index in [0.717, 1.165) is 38.8 Å². The van der Waals surface area contributed by atoms with Gasteiger partial charge in [0.1, 0.15) is 5.41 Å². The van der Waals surface area contributed by atoms with Gasteiger partial charge in [0, 0.05) is 25.2 Å². The number of amides is 1. The highest BCUT2D eigenvalue weighted by molar-refractivity contribution is 5.86. The first kappa shape index (κ1) is 13.9. The Bertz CT molecular complexity index is 422. The summed E-state index contributed by atoms with van der Waals surface area (Å²) in [5.74, 6) is 0.124. The van der Waals surface area contributed by atoms with E-state index in [2.05, 4.69) is 17.9 Å². The molecular weight excluding hydrogens is 250 g/mol. The lowest BCUT2D eigenvalue weighted by molar-refractivity contribution is -0.146. The lowest BCUT2D eigenvalue weighted by Crippen LogP contribution is -2.59. The van der Waals surface area contributed by atoms with Crippen molar-refractivity contribution in [2.45, 2.75) is 64.0 Å². The van der Waals surface area contributed by atoms with Gasteiger partial charge in [0.2, 0.25) is 5.91 Å². The minimum Gasteiger partial charge on any atom is -0.336 e. The summed E-state index contributed by atoms with van der Waals surface area (Å²) >= 11 is 0. The Morgan fingerprint density at radius 3 is 2.65 bits per heavy atom. The van der Waals surface area contributed by atoms with E-state index >= 15 is 0 Å². The van der Waals surface area contributed by atoms with Crippen LogP contribution in [0, 0.1) is 16.7 Å². The maximum atomic E-state index is 13.0. The Labute approximate surface area is 121 Å². The highest BCUT2D eigenvalue weighted by Crippen LogP contribution is 2.39. The Hall–Kier alpha value is -1.08. The zero-order valence-corrected chi connectivity index (χ0v) is 12.5. The molecule has 0 bridgehead atoms. The molecule has 20 heavy (non-hydrogen) atoms. The number of carbonyl (C=O) groups excluding carboxylic acids is 1. The molecule has 2 aliphatic heterocycles. The predicted molar refractivity (Wildman–Crippen MR) is 76.9 cm³/mol. The van der Waals surface area contributed by atoms with Gasteiger partial charge < -0.3 is 4.90 Å². The van der Waals surface area contributed by atoms with E-state index < -0.39 is 5.41 Å². The zero-order valence-electron chi connectivity index (χ0n) is 12.5. The van der Waals surface area contributed by atoms with Crippen LogP contribution in [0.4, 0.5) is 0 Å². The molecule has 1 aliphatic carbocycles. The van der Waals surface area contributed by atoms with Crippen molar-refractivity contribution < 1.29 is 4.79 Å². The molecule has 110 valence electrons. The molecule has 0 aromatic heterocycles. The molecule has 0 N–H and O–H groups in total. The molecule has 1 saturated carbocycles. The van der Waals surface area contributed by atoms with Gasteiger partial charge in [-0.3, -0.25) is 9.69 Å². The minimum atomic E-state index is -0.715. The van der Waals surface area contributed by atoms with Crippen molar-refractivity contribution >= 4 is 5.91 Å². The molecule has 4 heteroatoms. The van der Waals surface area contributed by atoms with E-state index in [-0.39, 0.29) is 11.9 Å². The minimum absolute atomic E-state index is 0.124. The summed E-state index contributed by atoms with van der Waals surface area (Å²) in [5.41, 5.74) is -0.715. The van der Waals surface area contributed by atoms with E-state index in [4.69, 9.17) is 0 Å². The molecule has 1 amide bonds. The quantitative estimate of drug-likeness (QED) is 0.736. The van der Waals surface area contributed by atoms with Crippen LogP contribution >= 0.6 is 0 Å². The van der Waals surface area contributed by atoms with Crippen LogP contribution in [-0.2, 0) is 4.79 Å². The molecule has 3 aliphatic rings. The van der Waals surface area contributed by atoms with Crippen molar-refractivity contribution in [2.75, 3.05) is 19.6 Å². The first-order valence-electron chi connectivity index (χ1n) is 8.13. The number of piperazine rings is 1. The SMILES string of the molecule is CC1CN2CCCC2CN1C(=O)C1(C#N)CCCCC1. The summed E-state index contributed by atoms with van der Waals surface area (Å²) in [5, 5.41) is 9.61. The first-order valence-corrected chi connectivity index (χ1v) is 8.13. The fraction of sp³-hybridized carbons (Fsp3) is 0.875. The van der Waals surface area contributed by atoms with Gasteiger partial charge in [-0.15, -0.1) is 0 Å². The van der Waals surface area contributed by atoms with E-state index in [1.54, 1.807) is 0 Å². The van der Waals surface area contributed by atoms with Crippen molar-refractivity contribution in [3.63, 3.8) is 0 Å². The molecule has 4 nitrogen and oxygen atoms in total. The van der Waals surface area contributed by atoms with Crippen LogP contribution < -0.4 is 0 Å². The van der Waals surface area contributed by atoms with Crippen molar-refractivity contribution in [2.24, 2.45) is 5.41 Å². The van der Waals surface area contributed by atoms with Gasteiger partial charge >= 0.3 is 0 Å². The van der Waals surface area contributed by atoms with Gasteiger partial charge in [0.15, 0.2) is 0 Å². The summed E-state index contributed by atoms with van der Waals surface area (Å²) < 4.78 is 0. The summed E-state index contributed by atoms with van der Waals surface area (Å²) in [6, 6.07) is 3.18. The second-order valence-corrected chi connectivity index (χ2v) is 6.85. The lowest BCUT2D eigenvalue weighted by atomic mass is 9.74. The molecule has 2 heterocycles. The fourth-order valence-electron chi connectivity index (χ4n) is 4.27. The van der Waals surface area contributed by atoms with Gasteiger partial charge in [0.25, 0.3) is 0 Å². The third-order valence-corrected chi connectivity index (χ3v) is 5.53. The monoisotopic (exact) mass is 275 g/mol. The Balaban J connectivity index is 1.77. The summed E-state index contributed by atoms with van der Waals surface area (Å²) in [6.07, 6.45) is 7.20. The topological polar surface area (TPSA) is 47.3 Å². The normalized spacial score (nSPS) is 33.5. The van der Waals surface area contributed by atoms with E-state index in [1.165, 1.54) is 25.8 Å². The number of carbonyl (C=O) groups is 1. The molecule has 3 fully saturated rings. The molecular formula is C16H25N3O. The van der Waals surface area contributed by atoms with Crippen LogP contribution in [0.25, 0.3) is 0 Å². The standard InChI is InChI=1S/C16H25N3O/c1-13-10-18-9-5-6-14(18)11-19(13)15(20)16(12-17)7-3-2-4-8-16/h13-14H,2-11H2,1H3. The highest BCUT2D eigenvalue weighted by Gasteiger charge is 2.46. The van der Waals surface area contributed by atoms with Crippen LogP contribution in [0.2, 0.25) is 0 Å². The van der Waals surface area contributed by atoms with E-state index in [0.29, 0.717) is 6.04 Å². The lowest BCUT2D eigenvalue weighted by Gasteiger charge is -2.45. The summed E-state index contributed by atoms with van der Waals surface area (Å²) in [6.45, 7) is 5.14. The summed E-state index contributed by atoms with van der Waals surface area (Å²) in [7, 11) is 0. The predicted octanol–water partition coefficient (Wildman–Crippen LogP) is 2.16. The van der Waals surface area contributed by atoms with Crippen molar-refractivity contribution in [3.8, 4) is 6.07 Å². The molecule has 0 aromatic carbocycles. The van der Waals surface area contributed by atoms with Crippen LogP contribution in [-0.4, -0.2) is 47.4 Å².